The molecule has 1 aromatic carbocycles. The summed E-state index contributed by atoms with van der Waals surface area (Å²) in [5.74, 6) is 1.52. The number of benzene rings is 1. The molecule has 3 rings (SSSR count). The fourth-order valence-corrected chi connectivity index (χ4v) is 4.27. The molecule has 0 bridgehead atoms. The fourth-order valence-electron chi connectivity index (χ4n) is 4.27. The summed E-state index contributed by atoms with van der Waals surface area (Å²) in [4.78, 5) is 7.30. The second-order valence-electron chi connectivity index (χ2n) is 7.77. The first kappa shape index (κ1) is 16.5. The summed E-state index contributed by atoms with van der Waals surface area (Å²) in [7, 11) is 2.21. The summed E-state index contributed by atoms with van der Waals surface area (Å²) < 4.78 is 0. The highest BCUT2D eigenvalue weighted by molar-refractivity contribution is 5.72. The lowest BCUT2D eigenvalue weighted by atomic mass is 9.83. The van der Waals surface area contributed by atoms with Crippen LogP contribution in [0.5, 0.6) is 0 Å². The summed E-state index contributed by atoms with van der Waals surface area (Å²) >= 11 is 0. The van der Waals surface area contributed by atoms with Crippen LogP contribution in [0, 0.1) is 11.8 Å². The van der Waals surface area contributed by atoms with Gasteiger partial charge in [-0.15, -0.1) is 0 Å². The zero-order valence-corrected chi connectivity index (χ0v) is 15.1. The quantitative estimate of drug-likeness (QED) is 0.645. The molecule has 2 unspecified atom stereocenters. The molecule has 1 aliphatic carbocycles. The van der Waals surface area contributed by atoms with E-state index in [-0.39, 0.29) is 0 Å². The number of fused-ring (bicyclic) bond motifs is 1. The van der Waals surface area contributed by atoms with Gasteiger partial charge in [-0.3, -0.25) is 4.99 Å². The second-order valence-corrected chi connectivity index (χ2v) is 7.77. The average molecular weight is 313 g/mol. The third-order valence-corrected chi connectivity index (χ3v) is 5.88. The first-order valence-corrected chi connectivity index (χ1v) is 9.54. The van der Waals surface area contributed by atoms with Crippen LogP contribution in [-0.4, -0.2) is 19.3 Å². The van der Waals surface area contributed by atoms with Crippen molar-refractivity contribution < 1.29 is 0 Å². The van der Waals surface area contributed by atoms with Crippen molar-refractivity contribution in [1.82, 2.24) is 0 Å². The number of hydrogen-bond donors (Lipinski definition) is 0. The minimum atomic E-state index is 0.592. The van der Waals surface area contributed by atoms with Gasteiger partial charge in [-0.1, -0.05) is 45.1 Å². The topological polar surface area (TPSA) is 15.6 Å². The Morgan fingerprint density at radius 2 is 2.00 bits per heavy atom. The van der Waals surface area contributed by atoms with Gasteiger partial charge >= 0.3 is 0 Å². The molecule has 0 N–H and O–H groups in total. The van der Waals surface area contributed by atoms with E-state index in [1.807, 2.05) is 0 Å². The Morgan fingerprint density at radius 1 is 1.22 bits per heavy atom. The van der Waals surface area contributed by atoms with Crippen LogP contribution < -0.4 is 4.90 Å². The Labute approximate surface area is 142 Å². The van der Waals surface area contributed by atoms with E-state index in [0.29, 0.717) is 12.0 Å². The van der Waals surface area contributed by atoms with Gasteiger partial charge in [0.05, 0.1) is 5.69 Å². The van der Waals surface area contributed by atoms with E-state index in [4.69, 9.17) is 4.99 Å². The average Bonchev–Trinajstić information content (AvgIpc) is 2.57. The van der Waals surface area contributed by atoms with E-state index in [9.17, 15) is 0 Å². The van der Waals surface area contributed by atoms with Gasteiger partial charge in [-0.2, -0.15) is 0 Å². The molecule has 2 aliphatic rings. The van der Waals surface area contributed by atoms with Crippen molar-refractivity contribution in [1.29, 1.82) is 0 Å². The first-order chi connectivity index (χ1) is 11.1. The molecule has 126 valence electrons. The van der Waals surface area contributed by atoms with Crippen molar-refractivity contribution in [2.45, 2.75) is 71.3 Å². The highest BCUT2D eigenvalue weighted by Gasteiger charge is 2.21. The maximum absolute atomic E-state index is 4.89. The molecular formula is C21H32N2. The van der Waals surface area contributed by atoms with Crippen molar-refractivity contribution in [2.75, 3.05) is 11.9 Å². The van der Waals surface area contributed by atoms with E-state index in [2.05, 4.69) is 50.2 Å². The van der Waals surface area contributed by atoms with Gasteiger partial charge < -0.3 is 4.90 Å². The molecule has 2 nitrogen and oxygen atoms in total. The second kappa shape index (κ2) is 7.51. The SMILES string of the molecule is CC(C=Nc1cccc2c1CCC(C)N2C)CC1CCCCC1. The third kappa shape index (κ3) is 3.97. The summed E-state index contributed by atoms with van der Waals surface area (Å²) in [5, 5.41) is 0. The van der Waals surface area contributed by atoms with Crippen molar-refractivity contribution >= 4 is 17.6 Å². The molecule has 1 aliphatic heterocycles. The Balaban J connectivity index is 1.67. The summed E-state index contributed by atoms with van der Waals surface area (Å²) in [6, 6.07) is 7.22. The Bertz CT molecular complexity index is 543. The molecule has 0 amide bonds. The van der Waals surface area contributed by atoms with E-state index in [1.54, 1.807) is 0 Å². The normalized spacial score (nSPS) is 24.0. The molecule has 0 radical (unpaired) electrons. The third-order valence-electron chi connectivity index (χ3n) is 5.88. The maximum Gasteiger partial charge on any atom is 0.0678 e. The Hall–Kier alpha value is -1.31. The van der Waals surface area contributed by atoms with Crippen molar-refractivity contribution in [3.63, 3.8) is 0 Å². The molecule has 1 fully saturated rings. The molecule has 1 saturated carbocycles. The molecular weight excluding hydrogens is 280 g/mol. The van der Waals surface area contributed by atoms with Crippen LogP contribution in [0.25, 0.3) is 0 Å². The number of aliphatic imine (C=N–C) groups is 1. The van der Waals surface area contributed by atoms with Crippen LogP contribution in [0.3, 0.4) is 0 Å². The highest BCUT2D eigenvalue weighted by Crippen LogP contribution is 2.36. The molecule has 0 saturated heterocycles. The molecule has 2 atom stereocenters. The maximum atomic E-state index is 4.89. The van der Waals surface area contributed by atoms with Crippen LogP contribution in [0.1, 0.15) is 64.4 Å². The van der Waals surface area contributed by atoms with Crippen LogP contribution in [0.4, 0.5) is 11.4 Å². The molecule has 23 heavy (non-hydrogen) atoms. The number of anilines is 1. The lowest BCUT2D eigenvalue weighted by Crippen LogP contribution is -2.33. The standard InChI is InChI=1S/C21H32N2/c1-16(14-18-8-5-4-6-9-18)15-22-20-10-7-11-21-19(20)13-12-17(2)23(21)3/h7,10-11,15-18H,4-6,8-9,12-14H2,1-3H3. The van der Waals surface area contributed by atoms with Gasteiger partial charge in [0.15, 0.2) is 0 Å². The van der Waals surface area contributed by atoms with Gasteiger partial charge in [0.1, 0.15) is 0 Å². The number of nitrogens with zero attached hydrogens (tertiary/aromatic N) is 2. The predicted molar refractivity (Wildman–Crippen MR) is 101 cm³/mol. The van der Waals surface area contributed by atoms with Crippen molar-refractivity contribution in [2.24, 2.45) is 16.8 Å². The highest BCUT2D eigenvalue weighted by atomic mass is 15.1. The summed E-state index contributed by atoms with van der Waals surface area (Å²) in [6.45, 7) is 4.65. The van der Waals surface area contributed by atoms with Crippen molar-refractivity contribution in [3.05, 3.63) is 23.8 Å². The van der Waals surface area contributed by atoms with Crippen LogP contribution in [0.2, 0.25) is 0 Å². The first-order valence-electron chi connectivity index (χ1n) is 9.54. The molecule has 0 spiro atoms. The molecule has 1 heterocycles. The molecule has 0 aromatic heterocycles. The van der Waals surface area contributed by atoms with Gasteiger partial charge in [-0.25, -0.2) is 0 Å². The van der Waals surface area contributed by atoms with Crippen LogP contribution in [-0.2, 0) is 6.42 Å². The van der Waals surface area contributed by atoms with E-state index >= 15 is 0 Å². The van der Waals surface area contributed by atoms with Gasteiger partial charge in [0.2, 0.25) is 0 Å². The minimum absolute atomic E-state index is 0.592. The lowest BCUT2D eigenvalue weighted by Gasteiger charge is -2.34. The smallest absolute Gasteiger partial charge is 0.0678 e. The Morgan fingerprint density at radius 3 is 2.78 bits per heavy atom. The van der Waals surface area contributed by atoms with Crippen LogP contribution >= 0.6 is 0 Å². The molecule has 2 heteroatoms. The molecule has 1 aromatic rings. The minimum Gasteiger partial charge on any atom is -0.372 e. The summed E-state index contributed by atoms with van der Waals surface area (Å²) in [5.41, 5.74) is 4.00. The monoisotopic (exact) mass is 312 g/mol. The van der Waals surface area contributed by atoms with Crippen LogP contribution in [0.15, 0.2) is 23.2 Å². The summed E-state index contributed by atoms with van der Waals surface area (Å²) in [6.07, 6.45) is 13.1. The zero-order chi connectivity index (χ0) is 16.2. The fraction of sp³-hybridized carbons (Fsp3) is 0.667. The lowest BCUT2D eigenvalue weighted by molar-refractivity contribution is 0.322. The number of rotatable bonds is 4. The zero-order valence-electron chi connectivity index (χ0n) is 15.1. The Kier molecular flexibility index (Phi) is 5.40. The number of hydrogen-bond acceptors (Lipinski definition) is 2. The van der Waals surface area contributed by atoms with Gasteiger partial charge in [0, 0.05) is 30.6 Å². The van der Waals surface area contributed by atoms with Gasteiger partial charge in [0.25, 0.3) is 0 Å². The van der Waals surface area contributed by atoms with Crippen molar-refractivity contribution in [3.8, 4) is 0 Å². The van der Waals surface area contributed by atoms with E-state index in [0.717, 1.165) is 12.3 Å². The van der Waals surface area contributed by atoms with Gasteiger partial charge in [-0.05, 0) is 50.2 Å². The predicted octanol–water partition coefficient (Wildman–Crippen LogP) is 5.77. The van der Waals surface area contributed by atoms with E-state index in [1.165, 1.54) is 61.9 Å². The van der Waals surface area contributed by atoms with E-state index < -0.39 is 0 Å². The largest absolute Gasteiger partial charge is 0.372 e.